The van der Waals surface area contributed by atoms with Gasteiger partial charge in [-0.1, -0.05) is 12.1 Å². The molecule has 0 saturated carbocycles. The molecule has 0 bridgehead atoms. The first-order chi connectivity index (χ1) is 14.5. The van der Waals surface area contributed by atoms with E-state index in [-0.39, 0.29) is 17.9 Å². The highest BCUT2D eigenvalue weighted by molar-refractivity contribution is 7.14. The Morgan fingerprint density at radius 1 is 1.23 bits per heavy atom. The maximum Gasteiger partial charge on any atom is 0.261 e. The number of nitrogens with zero attached hydrogens (tertiary/aromatic N) is 1. The molecule has 2 N–H and O–H groups in total. The fraction of sp³-hybridized carbons (Fsp3) is 0.227. The number of nitrogens with one attached hydrogen (secondary N) is 2. The van der Waals surface area contributed by atoms with Crippen molar-refractivity contribution in [1.82, 2.24) is 10.3 Å². The first kappa shape index (κ1) is 19.9. The van der Waals surface area contributed by atoms with E-state index in [4.69, 9.17) is 9.47 Å². The van der Waals surface area contributed by atoms with Crippen molar-refractivity contribution in [1.29, 1.82) is 0 Å². The Hall–Kier alpha value is -3.39. The van der Waals surface area contributed by atoms with Crippen molar-refractivity contribution < 1.29 is 19.1 Å². The summed E-state index contributed by atoms with van der Waals surface area (Å²) in [5.74, 6) is 0.917. The predicted molar refractivity (Wildman–Crippen MR) is 115 cm³/mol. The maximum atomic E-state index is 12.6. The molecule has 1 atom stereocenters. The van der Waals surface area contributed by atoms with Gasteiger partial charge in [0.25, 0.3) is 5.91 Å². The number of ether oxygens (including phenoxy) is 2. The van der Waals surface area contributed by atoms with Gasteiger partial charge in [-0.3, -0.25) is 14.9 Å². The van der Waals surface area contributed by atoms with Crippen molar-refractivity contribution in [2.45, 2.75) is 19.4 Å². The molecular formula is C22H21N3O4S. The minimum absolute atomic E-state index is 0.0757. The molecule has 0 aliphatic carbocycles. The quantitative estimate of drug-likeness (QED) is 0.647. The number of aromatic nitrogens is 1. The van der Waals surface area contributed by atoms with E-state index in [0.717, 1.165) is 22.6 Å². The summed E-state index contributed by atoms with van der Waals surface area (Å²) >= 11 is 1.34. The second-order valence-corrected chi connectivity index (χ2v) is 7.69. The van der Waals surface area contributed by atoms with Gasteiger partial charge in [-0.25, -0.2) is 4.98 Å². The molecule has 0 radical (unpaired) electrons. The SMILES string of the molecule is COc1ccccc1C(=O)Nc1nc(-c2ccc3c(c2)C(NC(C)=O)CCO3)cs1. The van der Waals surface area contributed by atoms with E-state index >= 15 is 0 Å². The van der Waals surface area contributed by atoms with Crippen LogP contribution in [0, 0.1) is 0 Å². The molecule has 3 aromatic rings. The molecule has 1 aliphatic heterocycles. The summed E-state index contributed by atoms with van der Waals surface area (Å²) in [4.78, 5) is 28.7. The Morgan fingerprint density at radius 2 is 2.07 bits per heavy atom. The van der Waals surface area contributed by atoms with Crippen molar-refractivity contribution in [3.8, 4) is 22.8 Å². The van der Waals surface area contributed by atoms with Crippen molar-refractivity contribution in [3.05, 3.63) is 59.0 Å². The van der Waals surface area contributed by atoms with Gasteiger partial charge < -0.3 is 14.8 Å². The van der Waals surface area contributed by atoms with E-state index in [0.29, 0.717) is 29.5 Å². The molecule has 2 amide bonds. The van der Waals surface area contributed by atoms with Gasteiger partial charge in [0.2, 0.25) is 5.91 Å². The van der Waals surface area contributed by atoms with Crippen LogP contribution >= 0.6 is 11.3 Å². The van der Waals surface area contributed by atoms with Crippen LogP contribution in [0.25, 0.3) is 11.3 Å². The fourth-order valence-corrected chi connectivity index (χ4v) is 4.12. The zero-order chi connectivity index (χ0) is 21.1. The van der Waals surface area contributed by atoms with Crippen LogP contribution in [0.15, 0.2) is 47.8 Å². The standard InChI is InChI=1S/C22H21N3O4S/c1-13(26)23-17-9-10-29-20-8-7-14(11-16(17)20)18-12-30-22(24-18)25-21(27)15-5-3-4-6-19(15)28-2/h3-8,11-12,17H,9-10H2,1-2H3,(H,23,26)(H,24,25,27). The maximum absolute atomic E-state index is 12.6. The summed E-state index contributed by atoms with van der Waals surface area (Å²) in [6, 6.07) is 12.7. The Bertz CT molecular complexity index is 1100. The molecule has 1 aliphatic rings. The minimum Gasteiger partial charge on any atom is -0.496 e. The van der Waals surface area contributed by atoms with Crippen LogP contribution in [0.2, 0.25) is 0 Å². The average molecular weight is 423 g/mol. The number of anilines is 1. The number of benzene rings is 2. The Labute approximate surface area is 178 Å². The van der Waals surface area contributed by atoms with Gasteiger partial charge in [0.1, 0.15) is 11.5 Å². The summed E-state index contributed by atoms with van der Waals surface area (Å²) in [6.07, 6.45) is 0.716. The fourth-order valence-electron chi connectivity index (χ4n) is 3.41. The number of amides is 2. The van der Waals surface area contributed by atoms with E-state index < -0.39 is 0 Å². The smallest absolute Gasteiger partial charge is 0.261 e. The number of hydrogen-bond donors (Lipinski definition) is 2. The Balaban J connectivity index is 1.56. The summed E-state index contributed by atoms with van der Waals surface area (Å²) in [5, 5.41) is 8.18. The molecule has 0 saturated heterocycles. The number of methoxy groups -OCH3 is 1. The second-order valence-electron chi connectivity index (χ2n) is 6.84. The van der Waals surface area contributed by atoms with Gasteiger partial charge >= 0.3 is 0 Å². The third kappa shape index (κ3) is 4.13. The first-order valence-electron chi connectivity index (χ1n) is 9.49. The summed E-state index contributed by atoms with van der Waals surface area (Å²) in [5.41, 5.74) is 3.01. The molecule has 2 aromatic carbocycles. The van der Waals surface area contributed by atoms with Gasteiger partial charge in [-0.15, -0.1) is 11.3 Å². The molecule has 0 spiro atoms. The second kappa shape index (κ2) is 8.54. The van der Waals surface area contributed by atoms with Crippen molar-refractivity contribution in [2.75, 3.05) is 19.0 Å². The molecule has 7 nitrogen and oxygen atoms in total. The van der Waals surface area contributed by atoms with Crippen LogP contribution in [-0.2, 0) is 4.79 Å². The predicted octanol–water partition coefficient (Wildman–Crippen LogP) is 4.03. The molecule has 154 valence electrons. The molecule has 1 aromatic heterocycles. The lowest BCUT2D eigenvalue weighted by Crippen LogP contribution is -2.30. The minimum atomic E-state index is -0.280. The molecule has 8 heteroatoms. The zero-order valence-electron chi connectivity index (χ0n) is 16.6. The first-order valence-corrected chi connectivity index (χ1v) is 10.4. The van der Waals surface area contributed by atoms with E-state index in [9.17, 15) is 9.59 Å². The number of fused-ring (bicyclic) bond motifs is 1. The average Bonchev–Trinajstić information content (AvgIpc) is 3.21. The highest BCUT2D eigenvalue weighted by Crippen LogP contribution is 2.36. The van der Waals surface area contributed by atoms with Crippen LogP contribution in [0.1, 0.15) is 35.3 Å². The highest BCUT2D eigenvalue weighted by Gasteiger charge is 2.23. The lowest BCUT2D eigenvalue weighted by atomic mass is 9.97. The molecule has 2 heterocycles. The molecule has 0 fully saturated rings. The van der Waals surface area contributed by atoms with Gasteiger partial charge in [0.05, 0.1) is 31.0 Å². The van der Waals surface area contributed by atoms with Crippen molar-refractivity contribution in [3.63, 3.8) is 0 Å². The third-order valence-electron chi connectivity index (χ3n) is 4.80. The number of thiazole rings is 1. The van der Waals surface area contributed by atoms with Gasteiger partial charge in [0, 0.05) is 29.9 Å². The van der Waals surface area contributed by atoms with Gasteiger partial charge in [0.15, 0.2) is 5.13 Å². The van der Waals surface area contributed by atoms with Crippen LogP contribution in [0.5, 0.6) is 11.5 Å². The van der Waals surface area contributed by atoms with Crippen LogP contribution in [-0.4, -0.2) is 30.5 Å². The monoisotopic (exact) mass is 423 g/mol. The highest BCUT2D eigenvalue weighted by atomic mass is 32.1. The summed E-state index contributed by atoms with van der Waals surface area (Å²) in [7, 11) is 1.53. The van der Waals surface area contributed by atoms with Crippen molar-refractivity contribution in [2.24, 2.45) is 0 Å². The number of carbonyl (C=O) groups excluding carboxylic acids is 2. The number of para-hydroxylation sites is 1. The van der Waals surface area contributed by atoms with Crippen LogP contribution in [0.4, 0.5) is 5.13 Å². The topological polar surface area (TPSA) is 89.5 Å². The number of hydrogen-bond acceptors (Lipinski definition) is 6. The van der Waals surface area contributed by atoms with Crippen molar-refractivity contribution >= 4 is 28.3 Å². The molecular weight excluding hydrogens is 402 g/mol. The number of carbonyl (C=O) groups is 2. The molecule has 1 unspecified atom stereocenters. The van der Waals surface area contributed by atoms with E-state index in [1.807, 2.05) is 29.6 Å². The van der Waals surface area contributed by atoms with E-state index in [2.05, 4.69) is 15.6 Å². The Kier molecular flexibility index (Phi) is 5.67. The largest absolute Gasteiger partial charge is 0.496 e. The van der Waals surface area contributed by atoms with E-state index in [1.165, 1.54) is 25.4 Å². The normalized spacial score (nSPS) is 14.9. The molecule has 4 rings (SSSR count). The van der Waals surface area contributed by atoms with Gasteiger partial charge in [-0.05, 0) is 30.3 Å². The van der Waals surface area contributed by atoms with Crippen LogP contribution in [0.3, 0.4) is 0 Å². The lowest BCUT2D eigenvalue weighted by Gasteiger charge is -2.26. The van der Waals surface area contributed by atoms with Crippen LogP contribution < -0.4 is 20.1 Å². The third-order valence-corrected chi connectivity index (χ3v) is 5.56. The Morgan fingerprint density at radius 3 is 2.87 bits per heavy atom. The van der Waals surface area contributed by atoms with E-state index in [1.54, 1.807) is 18.2 Å². The zero-order valence-corrected chi connectivity index (χ0v) is 17.4. The summed E-state index contributed by atoms with van der Waals surface area (Å²) in [6.45, 7) is 2.07. The molecule has 30 heavy (non-hydrogen) atoms. The van der Waals surface area contributed by atoms with Gasteiger partial charge in [-0.2, -0.15) is 0 Å². The lowest BCUT2D eigenvalue weighted by molar-refractivity contribution is -0.119. The number of rotatable bonds is 5. The summed E-state index contributed by atoms with van der Waals surface area (Å²) < 4.78 is 11.0.